The number of amides is 3. The number of imide groups is 1. The SMILES string of the molecule is NC(=O)COc1ccc(Br)cc1/C=C1\SC(=O)N(Cc2ccccc2F)C1=O. The third kappa shape index (κ3) is 4.60. The molecule has 0 bridgehead atoms. The summed E-state index contributed by atoms with van der Waals surface area (Å²) in [5.74, 6) is -1.32. The van der Waals surface area contributed by atoms with Gasteiger partial charge in [-0.2, -0.15) is 0 Å². The smallest absolute Gasteiger partial charge is 0.293 e. The van der Waals surface area contributed by atoms with E-state index in [0.29, 0.717) is 11.3 Å². The lowest BCUT2D eigenvalue weighted by atomic mass is 10.1. The van der Waals surface area contributed by atoms with Gasteiger partial charge in [0.2, 0.25) is 0 Å². The van der Waals surface area contributed by atoms with Crippen LogP contribution in [0.1, 0.15) is 11.1 Å². The van der Waals surface area contributed by atoms with E-state index in [0.717, 1.165) is 21.1 Å². The van der Waals surface area contributed by atoms with Crippen molar-refractivity contribution in [3.8, 4) is 5.75 Å². The summed E-state index contributed by atoms with van der Waals surface area (Å²) < 4.78 is 19.9. The molecule has 1 saturated heterocycles. The van der Waals surface area contributed by atoms with E-state index < -0.39 is 22.9 Å². The first-order valence-electron chi connectivity index (χ1n) is 8.04. The normalized spacial score (nSPS) is 15.4. The molecular weight excluding hydrogens is 451 g/mol. The molecule has 0 saturated carbocycles. The van der Waals surface area contributed by atoms with E-state index in [1.54, 1.807) is 24.3 Å². The van der Waals surface area contributed by atoms with Gasteiger partial charge in [-0.1, -0.05) is 34.1 Å². The van der Waals surface area contributed by atoms with E-state index in [2.05, 4.69) is 15.9 Å². The third-order valence-electron chi connectivity index (χ3n) is 3.79. The van der Waals surface area contributed by atoms with Gasteiger partial charge in [-0.05, 0) is 42.1 Å². The second-order valence-corrected chi connectivity index (χ2v) is 7.71. The number of primary amides is 1. The number of hydrogen-bond acceptors (Lipinski definition) is 5. The van der Waals surface area contributed by atoms with Gasteiger partial charge >= 0.3 is 0 Å². The lowest BCUT2D eigenvalue weighted by molar-refractivity contribution is -0.123. The highest BCUT2D eigenvalue weighted by molar-refractivity contribution is 9.10. The van der Waals surface area contributed by atoms with Crippen molar-refractivity contribution in [1.82, 2.24) is 4.90 Å². The Labute approximate surface area is 172 Å². The Morgan fingerprint density at radius 1 is 1.25 bits per heavy atom. The zero-order valence-electron chi connectivity index (χ0n) is 14.4. The molecule has 3 amide bonds. The van der Waals surface area contributed by atoms with Gasteiger partial charge in [-0.3, -0.25) is 19.3 Å². The van der Waals surface area contributed by atoms with Crippen LogP contribution in [0.25, 0.3) is 6.08 Å². The van der Waals surface area contributed by atoms with E-state index in [1.165, 1.54) is 24.3 Å². The monoisotopic (exact) mass is 464 g/mol. The summed E-state index contributed by atoms with van der Waals surface area (Å²) in [4.78, 5) is 37.1. The fourth-order valence-corrected chi connectivity index (χ4v) is 3.69. The lowest BCUT2D eigenvalue weighted by Crippen LogP contribution is -2.27. The van der Waals surface area contributed by atoms with Crippen molar-refractivity contribution in [3.63, 3.8) is 0 Å². The van der Waals surface area contributed by atoms with Gasteiger partial charge in [0.05, 0.1) is 11.4 Å². The molecule has 2 aromatic carbocycles. The highest BCUT2D eigenvalue weighted by Gasteiger charge is 2.35. The molecule has 0 unspecified atom stereocenters. The number of rotatable bonds is 6. The van der Waals surface area contributed by atoms with E-state index in [-0.39, 0.29) is 23.6 Å². The van der Waals surface area contributed by atoms with Gasteiger partial charge in [0, 0.05) is 15.6 Å². The van der Waals surface area contributed by atoms with E-state index in [1.807, 2.05) is 0 Å². The molecule has 0 atom stereocenters. The van der Waals surface area contributed by atoms with Gasteiger partial charge in [0.25, 0.3) is 17.1 Å². The van der Waals surface area contributed by atoms with Crippen LogP contribution in [0.5, 0.6) is 5.75 Å². The minimum absolute atomic E-state index is 0.155. The summed E-state index contributed by atoms with van der Waals surface area (Å²) in [6, 6.07) is 11.0. The van der Waals surface area contributed by atoms with Gasteiger partial charge in [0.1, 0.15) is 11.6 Å². The van der Waals surface area contributed by atoms with Crippen molar-refractivity contribution in [2.24, 2.45) is 5.73 Å². The van der Waals surface area contributed by atoms with Crippen molar-refractivity contribution in [2.45, 2.75) is 6.54 Å². The third-order valence-corrected chi connectivity index (χ3v) is 5.19. The topological polar surface area (TPSA) is 89.7 Å². The van der Waals surface area contributed by atoms with Crippen LogP contribution in [-0.2, 0) is 16.1 Å². The Morgan fingerprint density at radius 2 is 2.00 bits per heavy atom. The zero-order valence-corrected chi connectivity index (χ0v) is 16.8. The van der Waals surface area contributed by atoms with Crippen LogP contribution in [0.2, 0.25) is 0 Å². The Morgan fingerprint density at radius 3 is 2.71 bits per heavy atom. The van der Waals surface area contributed by atoms with Crippen LogP contribution in [0.4, 0.5) is 9.18 Å². The van der Waals surface area contributed by atoms with Crippen LogP contribution >= 0.6 is 27.7 Å². The first kappa shape index (κ1) is 20.1. The van der Waals surface area contributed by atoms with Crippen molar-refractivity contribution in [2.75, 3.05) is 6.61 Å². The standard InChI is InChI=1S/C19H14BrFN2O4S/c20-13-5-6-15(27-10-17(22)24)12(7-13)8-16-18(25)23(19(26)28-16)9-11-3-1-2-4-14(11)21/h1-8H,9-10H2,(H2,22,24)/b16-8-. The molecule has 0 radical (unpaired) electrons. The number of nitrogens with zero attached hydrogens (tertiary/aromatic N) is 1. The summed E-state index contributed by atoms with van der Waals surface area (Å²) in [6.07, 6.45) is 1.49. The number of ether oxygens (including phenoxy) is 1. The molecule has 0 aromatic heterocycles. The van der Waals surface area contributed by atoms with Crippen molar-refractivity contribution >= 4 is 50.8 Å². The zero-order chi connectivity index (χ0) is 20.3. The van der Waals surface area contributed by atoms with Crippen LogP contribution in [0.3, 0.4) is 0 Å². The minimum atomic E-state index is -0.640. The number of hydrogen-bond donors (Lipinski definition) is 1. The predicted molar refractivity (Wildman–Crippen MR) is 107 cm³/mol. The fraction of sp³-hybridized carbons (Fsp3) is 0.105. The maximum Gasteiger partial charge on any atom is 0.293 e. The number of carbonyl (C=O) groups is 3. The fourth-order valence-electron chi connectivity index (χ4n) is 2.49. The molecular formula is C19H14BrFN2O4S. The number of benzene rings is 2. The molecule has 2 aromatic rings. The molecule has 2 N–H and O–H groups in total. The predicted octanol–water partition coefficient (Wildman–Crippen LogP) is 3.69. The van der Waals surface area contributed by atoms with Crippen molar-refractivity contribution in [3.05, 3.63) is 68.8 Å². The van der Waals surface area contributed by atoms with Gasteiger partial charge in [0.15, 0.2) is 6.61 Å². The molecule has 28 heavy (non-hydrogen) atoms. The van der Waals surface area contributed by atoms with Crippen LogP contribution in [0, 0.1) is 5.82 Å². The second kappa shape index (κ2) is 8.57. The van der Waals surface area contributed by atoms with Crippen LogP contribution in [-0.4, -0.2) is 28.6 Å². The molecule has 6 nitrogen and oxygen atoms in total. The number of carbonyl (C=O) groups excluding carboxylic acids is 3. The quantitative estimate of drug-likeness (QED) is 0.658. The second-order valence-electron chi connectivity index (χ2n) is 5.80. The Hall–Kier alpha value is -2.65. The van der Waals surface area contributed by atoms with E-state index in [4.69, 9.17) is 10.5 Å². The molecule has 1 heterocycles. The average Bonchev–Trinajstić information content (AvgIpc) is 2.90. The van der Waals surface area contributed by atoms with Gasteiger partial charge in [-0.25, -0.2) is 4.39 Å². The Balaban J connectivity index is 1.86. The first-order chi connectivity index (χ1) is 13.3. The van der Waals surface area contributed by atoms with Crippen molar-refractivity contribution in [1.29, 1.82) is 0 Å². The number of thioether (sulfide) groups is 1. The highest BCUT2D eigenvalue weighted by atomic mass is 79.9. The van der Waals surface area contributed by atoms with Gasteiger partial charge in [-0.15, -0.1) is 0 Å². The summed E-state index contributed by atoms with van der Waals surface area (Å²) in [5, 5.41) is -0.492. The highest BCUT2D eigenvalue weighted by Crippen LogP contribution is 2.35. The summed E-state index contributed by atoms with van der Waals surface area (Å²) in [5.41, 5.74) is 5.84. The van der Waals surface area contributed by atoms with Crippen LogP contribution < -0.4 is 10.5 Å². The molecule has 1 fully saturated rings. The molecule has 144 valence electrons. The molecule has 1 aliphatic heterocycles. The largest absolute Gasteiger partial charge is 0.483 e. The molecule has 9 heteroatoms. The number of nitrogens with two attached hydrogens (primary N) is 1. The molecule has 1 aliphatic rings. The van der Waals surface area contributed by atoms with Gasteiger partial charge < -0.3 is 10.5 Å². The molecule has 3 rings (SSSR count). The summed E-state index contributed by atoms with van der Waals surface area (Å²) >= 11 is 4.08. The maximum atomic E-state index is 13.9. The molecule has 0 aliphatic carbocycles. The number of halogens is 2. The summed E-state index contributed by atoms with van der Waals surface area (Å²) in [7, 11) is 0. The maximum absolute atomic E-state index is 13.9. The van der Waals surface area contributed by atoms with Crippen LogP contribution in [0.15, 0.2) is 51.8 Å². The van der Waals surface area contributed by atoms with E-state index >= 15 is 0 Å². The van der Waals surface area contributed by atoms with E-state index in [9.17, 15) is 18.8 Å². The Bertz CT molecular complexity index is 996. The average molecular weight is 465 g/mol. The molecule has 0 spiro atoms. The Kier molecular flexibility index (Phi) is 6.15. The summed E-state index contributed by atoms with van der Waals surface area (Å²) in [6.45, 7) is -0.477. The van der Waals surface area contributed by atoms with Crippen molar-refractivity contribution < 1.29 is 23.5 Å². The lowest BCUT2D eigenvalue weighted by Gasteiger charge is -2.13. The minimum Gasteiger partial charge on any atom is -0.483 e. The first-order valence-corrected chi connectivity index (χ1v) is 9.65.